The standard InChI is InChI=1S/C8H10N2O2S/c1-4(2)5-6(11)9-8(12)10-7(5)13-3/h1-3H3,(H,9,11,12). The van der Waals surface area contributed by atoms with Crippen LogP contribution in [0.2, 0.25) is 0 Å². The van der Waals surface area contributed by atoms with E-state index in [1.165, 1.54) is 11.8 Å². The molecule has 1 heterocycles. The highest BCUT2D eigenvalue weighted by Crippen LogP contribution is 2.17. The monoisotopic (exact) mass is 198 g/mol. The summed E-state index contributed by atoms with van der Waals surface area (Å²) >= 11 is 1.30. The largest absolute Gasteiger partial charge is 0.348 e. The van der Waals surface area contributed by atoms with Gasteiger partial charge in [-0.15, -0.1) is 11.8 Å². The first-order chi connectivity index (χ1) is 6.06. The first kappa shape index (κ1) is 9.98. The Morgan fingerprint density at radius 2 is 2.00 bits per heavy atom. The van der Waals surface area contributed by atoms with Crippen molar-refractivity contribution < 1.29 is 9.59 Å². The lowest BCUT2D eigenvalue weighted by atomic mass is 10.1. The summed E-state index contributed by atoms with van der Waals surface area (Å²) in [5.74, 6) is -0.357. The molecule has 4 nitrogen and oxygen atoms in total. The van der Waals surface area contributed by atoms with Crippen molar-refractivity contribution in [2.24, 2.45) is 4.99 Å². The van der Waals surface area contributed by atoms with Crippen LogP contribution in [0.25, 0.3) is 0 Å². The molecule has 0 aromatic carbocycles. The number of urea groups is 1. The average Bonchev–Trinajstić information content (AvgIpc) is 2.01. The van der Waals surface area contributed by atoms with Crippen molar-refractivity contribution in [1.29, 1.82) is 0 Å². The van der Waals surface area contributed by atoms with E-state index in [1.807, 2.05) is 13.8 Å². The summed E-state index contributed by atoms with van der Waals surface area (Å²) in [4.78, 5) is 25.9. The lowest BCUT2D eigenvalue weighted by molar-refractivity contribution is -0.116. The van der Waals surface area contributed by atoms with Gasteiger partial charge >= 0.3 is 6.03 Å². The van der Waals surface area contributed by atoms with E-state index in [-0.39, 0.29) is 5.91 Å². The maximum atomic E-state index is 11.3. The molecule has 0 fully saturated rings. The number of allylic oxidation sites excluding steroid dienone is 1. The van der Waals surface area contributed by atoms with Crippen LogP contribution < -0.4 is 5.32 Å². The Morgan fingerprint density at radius 1 is 1.38 bits per heavy atom. The van der Waals surface area contributed by atoms with Gasteiger partial charge in [-0.3, -0.25) is 10.1 Å². The molecule has 1 N–H and O–H groups in total. The smallest absolute Gasteiger partial charge is 0.272 e. The number of hydrogen-bond donors (Lipinski definition) is 1. The molecule has 13 heavy (non-hydrogen) atoms. The number of carbonyl (C=O) groups is 2. The molecule has 0 saturated heterocycles. The van der Waals surface area contributed by atoms with Crippen LogP contribution in [0.4, 0.5) is 4.79 Å². The van der Waals surface area contributed by atoms with E-state index in [9.17, 15) is 9.59 Å². The lowest BCUT2D eigenvalue weighted by Crippen LogP contribution is -2.36. The summed E-state index contributed by atoms with van der Waals surface area (Å²) < 4.78 is 0. The predicted octanol–water partition coefficient (Wildman–Crippen LogP) is 1.33. The first-order valence-corrected chi connectivity index (χ1v) is 4.94. The third-order valence-corrected chi connectivity index (χ3v) is 2.24. The van der Waals surface area contributed by atoms with Gasteiger partial charge in [0.25, 0.3) is 5.91 Å². The minimum Gasteiger partial charge on any atom is -0.272 e. The van der Waals surface area contributed by atoms with E-state index in [0.717, 1.165) is 5.57 Å². The van der Waals surface area contributed by atoms with Crippen molar-refractivity contribution in [3.63, 3.8) is 0 Å². The van der Waals surface area contributed by atoms with Gasteiger partial charge in [0, 0.05) is 0 Å². The number of hydrogen-bond acceptors (Lipinski definition) is 3. The quantitative estimate of drug-likeness (QED) is 0.597. The number of nitrogens with one attached hydrogen (secondary N) is 1. The van der Waals surface area contributed by atoms with Gasteiger partial charge < -0.3 is 0 Å². The van der Waals surface area contributed by atoms with Gasteiger partial charge in [-0.2, -0.15) is 4.99 Å². The topological polar surface area (TPSA) is 58.5 Å². The Balaban J connectivity index is 3.21. The van der Waals surface area contributed by atoms with Crippen LogP contribution in [0, 0.1) is 0 Å². The summed E-state index contributed by atoms with van der Waals surface area (Å²) in [6.45, 7) is 3.63. The highest BCUT2D eigenvalue weighted by molar-refractivity contribution is 8.14. The molecule has 1 aliphatic heterocycles. The van der Waals surface area contributed by atoms with Gasteiger partial charge in [0.1, 0.15) is 5.04 Å². The molecule has 0 spiro atoms. The third kappa shape index (κ3) is 1.98. The molecular formula is C8H10N2O2S. The number of amides is 3. The zero-order chi connectivity index (χ0) is 10.0. The molecular weight excluding hydrogens is 188 g/mol. The highest BCUT2D eigenvalue weighted by Gasteiger charge is 2.24. The maximum absolute atomic E-state index is 11.3. The minimum atomic E-state index is -0.584. The van der Waals surface area contributed by atoms with E-state index in [2.05, 4.69) is 10.3 Å². The van der Waals surface area contributed by atoms with Gasteiger partial charge in [-0.25, -0.2) is 4.79 Å². The molecule has 0 atom stereocenters. The molecule has 3 amide bonds. The van der Waals surface area contributed by atoms with Crippen LogP contribution in [-0.4, -0.2) is 23.2 Å². The molecule has 0 unspecified atom stereocenters. The zero-order valence-electron chi connectivity index (χ0n) is 7.67. The highest BCUT2D eigenvalue weighted by atomic mass is 32.2. The first-order valence-electron chi connectivity index (χ1n) is 3.72. The number of thioether (sulfide) groups is 1. The molecule has 0 saturated carbocycles. The molecule has 0 radical (unpaired) electrons. The Labute approximate surface area is 80.5 Å². The average molecular weight is 198 g/mol. The van der Waals surface area contributed by atoms with E-state index in [4.69, 9.17) is 0 Å². The molecule has 1 rings (SSSR count). The van der Waals surface area contributed by atoms with Crippen LogP contribution in [0.3, 0.4) is 0 Å². The number of imide groups is 1. The summed E-state index contributed by atoms with van der Waals surface area (Å²) in [6, 6.07) is -0.584. The second kappa shape index (κ2) is 3.74. The van der Waals surface area contributed by atoms with Crippen molar-refractivity contribution in [2.45, 2.75) is 13.8 Å². The fourth-order valence-electron chi connectivity index (χ4n) is 1.02. The van der Waals surface area contributed by atoms with Gasteiger partial charge in [0.2, 0.25) is 0 Å². The van der Waals surface area contributed by atoms with Gasteiger partial charge in [-0.1, -0.05) is 5.57 Å². The molecule has 0 bridgehead atoms. The van der Waals surface area contributed by atoms with E-state index in [1.54, 1.807) is 6.26 Å². The van der Waals surface area contributed by atoms with Gasteiger partial charge in [-0.05, 0) is 20.1 Å². The summed E-state index contributed by atoms with van der Waals surface area (Å²) in [5, 5.41) is 2.63. The van der Waals surface area contributed by atoms with Crippen LogP contribution in [0.15, 0.2) is 16.1 Å². The summed E-state index contributed by atoms with van der Waals surface area (Å²) in [7, 11) is 0. The molecule has 5 heteroatoms. The summed E-state index contributed by atoms with van der Waals surface area (Å²) in [6.07, 6.45) is 1.79. The molecule has 0 aromatic heterocycles. The zero-order valence-corrected chi connectivity index (χ0v) is 8.49. The normalized spacial score (nSPS) is 16.8. The summed E-state index contributed by atoms with van der Waals surface area (Å²) in [5.41, 5.74) is 1.37. The Bertz CT molecular complexity index is 327. The van der Waals surface area contributed by atoms with E-state index in [0.29, 0.717) is 10.6 Å². The molecule has 70 valence electrons. The van der Waals surface area contributed by atoms with Crippen molar-refractivity contribution >= 4 is 28.7 Å². The van der Waals surface area contributed by atoms with Crippen LogP contribution in [-0.2, 0) is 4.79 Å². The molecule has 0 aliphatic carbocycles. The van der Waals surface area contributed by atoms with Crippen molar-refractivity contribution in [1.82, 2.24) is 5.32 Å². The molecule has 1 aliphatic rings. The Hall–Kier alpha value is -1.10. The van der Waals surface area contributed by atoms with Crippen molar-refractivity contribution in [3.8, 4) is 0 Å². The van der Waals surface area contributed by atoms with E-state index >= 15 is 0 Å². The number of rotatable bonds is 0. The van der Waals surface area contributed by atoms with Crippen LogP contribution >= 0.6 is 11.8 Å². The van der Waals surface area contributed by atoms with Gasteiger partial charge in [0.05, 0.1) is 5.57 Å². The minimum absolute atomic E-state index is 0.357. The number of nitrogens with zero attached hydrogens (tertiary/aromatic N) is 1. The van der Waals surface area contributed by atoms with Crippen molar-refractivity contribution in [3.05, 3.63) is 11.1 Å². The number of aliphatic imine (C=N–C) groups is 1. The molecule has 0 aromatic rings. The number of carbonyl (C=O) groups excluding carboxylic acids is 2. The van der Waals surface area contributed by atoms with Crippen LogP contribution in [0.5, 0.6) is 0 Å². The predicted molar refractivity (Wildman–Crippen MR) is 52.9 cm³/mol. The SMILES string of the molecule is CSC1=NC(=O)NC(=O)C1=C(C)C. The third-order valence-electron chi connectivity index (χ3n) is 1.56. The fraction of sp³-hybridized carbons (Fsp3) is 0.375. The maximum Gasteiger partial charge on any atom is 0.348 e. The second-order valence-corrected chi connectivity index (χ2v) is 3.55. The second-order valence-electron chi connectivity index (χ2n) is 2.76. The van der Waals surface area contributed by atoms with Crippen LogP contribution in [0.1, 0.15) is 13.8 Å². The van der Waals surface area contributed by atoms with Crippen molar-refractivity contribution in [2.75, 3.05) is 6.26 Å². The Kier molecular flexibility index (Phi) is 2.87. The fourth-order valence-corrected chi connectivity index (χ4v) is 1.70. The van der Waals surface area contributed by atoms with E-state index < -0.39 is 6.03 Å². The Morgan fingerprint density at radius 3 is 2.46 bits per heavy atom. The van der Waals surface area contributed by atoms with Gasteiger partial charge in [0.15, 0.2) is 0 Å². The lowest BCUT2D eigenvalue weighted by Gasteiger charge is -2.14.